The fourth-order valence-corrected chi connectivity index (χ4v) is 4.19. The molecule has 0 aliphatic carbocycles. The molecule has 0 unspecified atom stereocenters. The summed E-state index contributed by atoms with van der Waals surface area (Å²) in [5.74, 6) is 0.501. The van der Waals surface area contributed by atoms with E-state index in [-0.39, 0.29) is 12.5 Å². The van der Waals surface area contributed by atoms with Gasteiger partial charge >= 0.3 is 0 Å². The molecule has 3 rings (SSSR count). The number of carbonyl (C=O) groups is 1. The lowest BCUT2D eigenvalue weighted by molar-refractivity contribution is -0.118. The van der Waals surface area contributed by atoms with Crippen LogP contribution in [0.25, 0.3) is 11.3 Å². The number of nitrogens with one attached hydrogen (secondary N) is 1. The van der Waals surface area contributed by atoms with E-state index >= 15 is 0 Å². The molecule has 0 radical (unpaired) electrons. The number of benzene rings is 2. The molecule has 0 fully saturated rings. The third kappa shape index (κ3) is 4.72. The number of aryl methyl sites for hydroxylation is 2. The SMILES string of the molecule is Cc1cc(Br)cc(C)c1OCC(=O)Nc1nc(-c2ccc(Br)cc2)cs1. The van der Waals surface area contributed by atoms with Gasteiger partial charge in [-0.1, -0.05) is 44.0 Å². The average Bonchev–Trinajstić information content (AvgIpc) is 3.03. The normalized spacial score (nSPS) is 10.6. The number of nitrogens with zero attached hydrogens (tertiary/aromatic N) is 1. The standard InChI is InChI=1S/C19H16Br2N2O2S/c1-11-7-15(21)8-12(2)18(11)25-9-17(24)23-19-22-16(10-26-19)13-3-5-14(20)6-4-13/h3-8,10H,9H2,1-2H3,(H,22,23,24). The van der Waals surface area contributed by atoms with Crippen LogP contribution in [0.5, 0.6) is 5.75 Å². The first-order valence-electron chi connectivity index (χ1n) is 7.83. The zero-order valence-corrected chi connectivity index (χ0v) is 18.2. The van der Waals surface area contributed by atoms with E-state index < -0.39 is 0 Å². The summed E-state index contributed by atoms with van der Waals surface area (Å²) in [5, 5.41) is 5.26. The van der Waals surface area contributed by atoms with Crippen LogP contribution in [0.1, 0.15) is 11.1 Å². The second-order valence-electron chi connectivity index (χ2n) is 5.75. The van der Waals surface area contributed by atoms with Gasteiger partial charge in [0.15, 0.2) is 11.7 Å². The van der Waals surface area contributed by atoms with Crippen LogP contribution in [0.2, 0.25) is 0 Å². The van der Waals surface area contributed by atoms with Crippen LogP contribution < -0.4 is 10.1 Å². The van der Waals surface area contributed by atoms with Crippen molar-refractivity contribution in [2.75, 3.05) is 11.9 Å². The Kier molecular flexibility index (Phi) is 6.11. The van der Waals surface area contributed by atoms with Crippen molar-refractivity contribution in [2.45, 2.75) is 13.8 Å². The molecule has 7 heteroatoms. The van der Waals surface area contributed by atoms with Crippen molar-refractivity contribution in [2.24, 2.45) is 0 Å². The summed E-state index contributed by atoms with van der Waals surface area (Å²) < 4.78 is 7.71. The second kappa shape index (κ2) is 8.33. The molecule has 0 saturated carbocycles. The number of carbonyl (C=O) groups excluding carboxylic acids is 1. The second-order valence-corrected chi connectivity index (χ2v) is 8.44. The summed E-state index contributed by atoms with van der Waals surface area (Å²) in [6, 6.07) is 11.8. The summed E-state index contributed by atoms with van der Waals surface area (Å²) in [4.78, 5) is 16.6. The number of rotatable bonds is 5. The van der Waals surface area contributed by atoms with Gasteiger partial charge in [-0.15, -0.1) is 11.3 Å². The van der Waals surface area contributed by atoms with E-state index in [1.165, 1.54) is 11.3 Å². The summed E-state index contributed by atoms with van der Waals surface area (Å²) in [5.41, 5.74) is 3.80. The van der Waals surface area contributed by atoms with Crippen LogP contribution in [0, 0.1) is 13.8 Å². The average molecular weight is 496 g/mol. The van der Waals surface area contributed by atoms with Crippen molar-refractivity contribution in [1.29, 1.82) is 0 Å². The summed E-state index contributed by atoms with van der Waals surface area (Å²) in [7, 11) is 0. The molecule has 0 saturated heterocycles. The van der Waals surface area contributed by atoms with Crippen LogP contribution >= 0.6 is 43.2 Å². The van der Waals surface area contributed by atoms with Crippen LogP contribution in [-0.4, -0.2) is 17.5 Å². The van der Waals surface area contributed by atoms with Gasteiger partial charge in [-0.05, 0) is 49.2 Å². The molecule has 3 aromatic rings. The fraction of sp³-hybridized carbons (Fsp3) is 0.158. The number of anilines is 1. The summed E-state index contributed by atoms with van der Waals surface area (Å²) in [6.45, 7) is 3.85. The third-order valence-electron chi connectivity index (χ3n) is 3.66. The molecule has 134 valence electrons. The largest absolute Gasteiger partial charge is 0.483 e. The van der Waals surface area contributed by atoms with E-state index in [0.717, 1.165) is 37.1 Å². The Morgan fingerprint density at radius 1 is 1.12 bits per heavy atom. The summed E-state index contributed by atoms with van der Waals surface area (Å²) >= 11 is 8.26. The zero-order chi connectivity index (χ0) is 18.7. The predicted octanol–water partition coefficient (Wildman–Crippen LogP) is 5.97. The Bertz CT molecular complexity index is 916. The molecular formula is C19H16Br2N2O2S. The highest BCUT2D eigenvalue weighted by Crippen LogP contribution is 2.28. The van der Waals surface area contributed by atoms with E-state index in [0.29, 0.717) is 5.13 Å². The van der Waals surface area contributed by atoms with Crippen LogP contribution in [-0.2, 0) is 4.79 Å². The van der Waals surface area contributed by atoms with E-state index in [9.17, 15) is 4.79 Å². The van der Waals surface area contributed by atoms with Gasteiger partial charge in [-0.2, -0.15) is 0 Å². The maximum absolute atomic E-state index is 12.2. The Balaban J connectivity index is 1.62. The molecule has 26 heavy (non-hydrogen) atoms. The van der Waals surface area contributed by atoms with Crippen molar-refractivity contribution < 1.29 is 9.53 Å². The van der Waals surface area contributed by atoms with Gasteiger partial charge in [0.05, 0.1) is 5.69 Å². The van der Waals surface area contributed by atoms with E-state index in [1.54, 1.807) is 0 Å². The fourth-order valence-electron chi connectivity index (χ4n) is 2.50. The molecule has 0 aliphatic rings. The minimum Gasteiger partial charge on any atom is -0.483 e. The first-order chi connectivity index (χ1) is 12.4. The van der Waals surface area contributed by atoms with Crippen molar-refractivity contribution in [3.8, 4) is 17.0 Å². The van der Waals surface area contributed by atoms with E-state index in [1.807, 2.05) is 55.6 Å². The monoisotopic (exact) mass is 494 g/mol. The van der Waals surface area contributed by atoms with Gasteiger partial charge in [-0.3, -0.25) is 10.1 Å². The van der Waals surface area contributed by atoms with E-state index in [4.69, 9.17) is 4.74 Å². The number of ether oxygens (including phenoxy) is 1. The first kappa shape index (κ1) is 19.1. The van der Waals surface area contributed by atoms with Crippen molar-refractivity contribution in [3.05, 3.63) is 61.9 Å². The van der Waals surface area contributed by atoms with Crippen molar-refractivity contribution in [1.82, 2.24) is 4.98 Å². The molecule has 1 aromatic heterocycles. The molecule has 1 N–H and O–H groups in total. The van der Waals surface area contributed by atoms with Crippen LogP contribution in [0.15, 0.2) is 50.7 Å². The predicted molar refractivity (Wildman–Crippen MR) is 113 cm³/mol. The Hall–Kier alpha value is -1.70. The maximum Gasteiger partial charge on any atom is 0.264 e. The highest BCUT2D eigenvalue weighted by atomic mass is 79.9. The lowest BCUT2D eigenvalue weighted by atomic mass is 10.1. The molecule has 0 aliphatic heterocycles. The highest BCUT2D eigenvalue weighted by Gasteiger charge is 2.11. The van der Waals surface area contributed by atoms with Crippen molar-refractivity contribution in [3.63, 3.8) is 0 Å². The number of thiazole rings is 1. The molecule has 0 atom stereocenters. The number of hydrogen-bond donors (Lipinski definition) is 1. The molecule has 4 nitrogen and oxygen atoms in total. The van der Waals surface area contributed by atoms with Gasteiger partial charge < -0.3 is 4.74 Å². The number of hydrogen-bond acceptors (Lipinski definition) is 4. The van der Waals surface area contributed by atoms with Gasteiger partial charge in [0, 0.05) is 19.9 Å². The Morgan fingerprint density at radius 2 is 1.77 bits per heavy atom. The Labute approximate surface area is 172 Å². The topological polar surface area (TPSA) is 51.2 Å². The van der Waals surface area contributed by atoms with Crippen LogP contribution in [0.3, 0.4) is 0 Å². The molecular weight excluding hydrogens is 480 g/mol. The Morgan fingerprint density at radius 3 is 2.42 bits per heavy atom. The summed E-state index contributed by atoms with van der Waals surface area (Å²) in [6.07, 6.45) is 0. The molecule has 2 aromatic carbocycles. The third-order valence-corrected chi connectivity index (χ3v) is 5.41. The number of halogens is 2. The molecule has 1 heterocycles. The quantitative estimate of drug-likeness (QED) is 0.474. The number of aromatic nitrogens is 1. The lowest BCUT2D eigenvalue weighted by Gasteiger charge is -2.12. The lowest BCUT2D eigenvalue weighted by Crippen LogP contribution is -2.20. The van der Waals surface area contributed by atoms with Gasteiger partial charge in [-0.25, -0.2) is 4.98 Å². The molecule has 0 bridgehead atoms. The maximum atomic E-state index is 12.2. The smallest absolute Gasteiger partial charge is 0.264 e. The van der Waals surface area contributed by atoms with E-state index in [2.05, 4.69) is 42.2 Å². The minimum atomic E-state index is -0.233. The van der Waals surface area contributed by atoms with Crippen molar-refractivity contribution >= 4 is 54.2 Å². The highest BCUT2D eigenvalue weighted by molar-refractivity contribution is 9.10. The molecule has 0 spiro atoms. The number of amides is 1. The van der Waals surface area contributed by atoms with Gasteiger partial charge in [0.25, 0.3) is 5.91 Å². The molecule has 1 amide bonds. The van der Waals surface area contributed by atoms with Gasteiger partial charge in [0.2, 0.25) is 0 Å². The zero-order valence-electron chi connectivity index (χ0n) is 14.2. The van der Waals surface area contributed by atoms with Gasteiger partial charge in [0.1, 0.15) is 5.75 Å². The minimum absolute atomic E-state index is 0.0590. The first-order valence-corrected chi connectivity index (χ1v) is 10.3. The van der Waals surface area contributed by atoms with Crippen LogP contribution in [0.4, 0.5) is 5.13 Å².